The largest absolute Gasteiger partial charge is 0.497 e. The Hall–Kier alpha value is -3.15. The normalized spacial score (nSPS) is 11.5. The first kappa shape index (κ1) is 15.7. The lowest BCUT2D eigenvalue weighted by molar-refractivity contribution is 0.101. The third-order valence-corrected chi connectivity index (χ3v) is 3.63. The van der Waals surface area contributed by atoms with Crippen LogP contribution in [0.3, 0.4) is 0 Å². The summed E-state index contributed by atoms with van der Waals surface area (Å²) in [6.45, 7) is 1.49. The van der Waals surface area contributed by atoms with Crippen LogP contribution in [-0.2, 0) is 0 Å². The summed E-state index contributed by atoms with van der Waals surface area (Å²) in [7, 11) is 3.18. The van der Waals surface area contributed by atoms with Gasteiger partial charge in [0, 0.05) is 18.5 Å². The van der Waals surface area contributed by atoms with Gasteiger partial charge >= 0.3 is 0 Å². The highest BCUT2D eigenvalue weighted by atomic mass is 16.5. The molecule has 2 aromatic heterocycles. The molecular formula is C18H17N3O3. The molecule has 0 saturated heterocycles. The summed E-state index contributed by atoms with van der Waals surface area (Å²) in [5.74, 6) is 1.20. The molecule has 0 bridgehead atoms. The topological polar surface area (TPSA) is 65.2 Å². The number of Topliss-reactive ketones (excluding diaryl/α,β-unsaturated/α-hetero) is 1. The van der Waals surface area contributed by atoms with Gasteiger partial charge in [0.25, 0.3) is 0 Å². The fourth-order valence-corrected chi connectivity index (χ4v) is 2.39. The average molecular weight is 323 g/mol. The summed E-state index contributed by atoms with van der Waals surface area (Å²) in [6.07, 6.45) is 3.31. The number of hydrogen-bond acceptors (Lipinski definition) is 5. The van der Waals surface area contributed by atoms with E-state index in [0.29, 0.717) is 33.9 Å². The van der Waals surface area contributed by atoms with Crippen molar-refractivity contribution in [2.24, 2.45) is 4.99 Å². The van der Waals surface area contributed by atoms with Crippen LogP contribution < -0.4 is 15.0 Å². The van der Waals surface area contributed by atoms with Gasteiger partial charge in [-0.25, -0.2) is 9.98 Å². The second kappa shape index (κ2) is 6.54. The molecule has 0 spiro atoms. The molecular weight excluding hydrogens is 306 g/mol. The van der Waals surface area contributed by atoms with E-state index >= 15 is 0 Å². The van der Waals surface area contributed by atoms with Crippen molar-refractivity contribution in [2.45, 2.75) is 6.92 Å². The van der Waals surface area contributed by atoms with Crippen molar-refractivity contribution in [2.75, 3.05) is 14.2 Å². The Bertz CT molecular complexity index is 977. The Morgan fingerprint density at radius 3 is 2.67 bits per heavy atom. The summed E-state index contributed by atoms with van der Waals surface area (Å²) in [6, 6.07) is 11.0. The monoisotopic (exact) mass is 323 g/mol. The molecule has 0 aliphatic heterocycles. The number of hydrogen-bond donors (Lipinski definition) is 0. The van der Waals surface area contributed by atoms with Gasteiger partial charge in [-0.1, -0.05) is 12.1 Å². The molecule has 1 aromatic carbocycles. The predicted molar refractivity (Wildman–Crippen MR) is 90.0 cm³/mol. The van der Waals surface area contributed by atoms with Crippen LogP contribution in [0.25, 0.3) is 5.65 Å². The second-order valence-corrected chi connectivity index (χ2v) is 5.13. The van der Waals surface area contributed by atoms with Crippen molar-refractivity contribution in [3.63, 3.8) is 0 Å². The van der Waals surface area contributed by atoms with Crippen LogP contribution in [0.1, 0.15) is 17.3 Å². The molecule has 0 radical (unpaired) electrons. The van der Waals surface area contributed by atoms with E-state index in [4.69, 9.17) is 9.47 Å². The summed E-state index contributed by atoms with van der Waals surface area (Å²) in [4.78, 5) is 21.0. The van der Waals surface area contributed by atoms with Gasteiger partial charge in [-0.2, -0.15) is 0 Å². The summed E-state index contributed by atoms with van der Waals surface area (Å²) < 4.78 is 12.3. The van der Waals surface area contributed by atoms with Crippen LogP contribution in [-0.4, -0.2) is 29.4 Å². The van der Waals surface area contributed by atoms with E-state index in [1.54, 1.807) is 36.9 Å². The fraction of sp³-hybridized carbons (Fsp3) is 0.167. The van der Waals surface area contributed by atoms with Crippen LogP contribution in [0.15, 0.2) is 53.8 Å². The first-order valence-corrected chi connectivity index (χ1v) is 7.38. The molecule has 3 rings (SSSR count). The Morgan fingerprint density at radius 2 is 1.96 bits per heavy atom. The van der Waals surface area contributed by atoms with Crippen LogP contribution >= 0.6 is 0 Å². The number of ketones is 1. The molecule has 24 heavy (non-hydrogen) atoms. The maximum absolute atomic E-state index is 12.0. The molecule has 0 unspecified atom stereocenters. The minimum atomic E-state index is -0.110. The molecule has 122 valence electrons. The third-order valence-electron chi connectivity index (χ3n) is 3.63. The number of nitrogens with zero attached hydrogens (tertiary/aromatic N) is 3. The van der Waals surface area contributed by atoms with Crippen LogP contribution in [0, 0.1) is 0 Å². The number of carbonyl (C=O) groups excluding carboxylic acids is 1. The standard InChI is InChI=1S/C18H17N3O3/c1-12(22)14-11-19-17-10-13(23-2)8-9-21(17)18(14)20-15-6-4-5-7-16(15)24-3/h4-11H,1-3H3. The Labute approximate surface area is 139 Å². The van der Waals surface area contributed by atoms with Crippen LogP contribution in [0.5, 0.6) is 11.5 Å². The lowest BCUT2D eigenvalue weighted by Crippen LogP contribution is -2.23. The third kappa shape index (κ3) is 2.86. The molecule has 2 heterocycles. The van der Waals surface area contributed by atoms with E-state index in [1.807, 2.05) is 24.3 Å². The number of fused-ring (bicyclic) bond motifs is 1. The Balaban J connectivity index is 2.37. The lowest BCUT2D eigenvalue weighted by Gasteiger charge is -2.08. The molecule has 6 nitrogen and oxygen atoms in total. The highest BCUT2D eigenvalue weighted by Crippen LogP contribution is 2.25. The van der Waals surface area contributed by atoms with Gasteiger partial charge in [0.15, 0.2) is 11.3 Å². The van der Waals surface area contributed by atoms with Crippen molar-refractivity contribution in [3.05, 3.63) is 59.8 Å². The lowest BCUT2D eigenvalue weighted by atomic mass is 10.2. The Morgan fingerprint density at radius 1 is 1.17 bits per heavy atom. The quantitative estimate of drug-likeness (QED) is 0.693. The van der Waals surface area contributed by atoms with Crippen molar-refractivity contribution >= 4 is 17.1 Å². The van der Waals surface area contributed by atoms with E-state index in [9.17, 15) is 4.79 Å². The number of ether oxygens (including phenoxy) is 2. The van der Waals surface area contributed by atoms with Crippen molar-refractivity contribution in [1.82, 2.24) is 9.38 Å². The van der Waals surface area contributed by atoms with E-state index in [0.717, 1.165) is 0 Å². The number of rotatable bonds is 4. The Kier molecular flexibility index (Phi) is 4.29. The van der Waals surface area contributed by atoms with Gasteiger partial charge in [0.2, 0.25) is 0 Å². The smallest absolute Gasteiger partial charge is 0.165 e. The first-order chi connectivity index (χ1) is 11.6. The highest BCUT2D eigenvalue weighted by Gasteiger charge is 2.10. The number of pyridine rings is 1. The maximum Gasteiger partial charge on any atom is 0.165 e. The van der Waals surface area contributed by atoms with Crippen molar-refractivity contribution in [3.8, 4) is 11.5 Å². The summed E-state index contributed by atoms with van der Waals surface area (Å²) in [5, 5.41) is 0. The zero-order valence-electron chi connectivity index (χ0n) is 13.7. The average Bonchev–Trinajstić information content (AvgIpc) is 2.61. The van der Waals surface area contributed by atoms with Gasteiger partial charge in [0.05, 0.1) is 19.8 Å². The number of benzene rings is 1. The minimum Gasteiger partial charge on any atom is -0.497 e. The fourth-order valence-electron chi connectivity index (χ4n) is 2.39. The summed E-state index contributed by atoms with van der Waals surface area (Å²) in [5.41, 5.74) is 2.20. The van der Waals surface area contributed by atoms with E-state index in [2.05, 4.69) is 9.98 Å². The molecule has 0 aliphatic rings. The zero-order valence-corrected chi connectivity index (χ0v) is 13.7. The minimum absolute atomic E-state index is 0.110. The van der Waals surface area contributed by atoms with Crippen molar-refractivity contribution in [1.29, 1.82) is 0 Å². The van der Waals surface area contributed by atoms with Gasteiger partial charge in [-0.15, -0.1) is 0 Å². The van der Waals surface area contributed by atoms with Gasteiger partial charge in [0.1, 0.15) is 22.8 Å². The van der Waals surface area contributed by atoms with E-state index in [-0.39, 0.29) is 5.78 Å². The SMILES string of the molecule is COc1ccn2c(=Nc3ccccc3OC)c(C(C)=O)cnc2c1. The van der Waals surface area contributed by atoms with Gasteiger partial charge < -0.3 is 9.47 Å². The second-order valence-electron chi connectivity index (χ2n) is 5.13. The number of methoxy groups -OCH3 is 2. The molecule has 6 heteroatoms. The molecule has 0 saturated carbocycles. The molecule has 0 aliphatic carbocycles. The molecule has 0 fully saturated rings. The van der Waals surface area contributed by atoms with E-state index < -0.39 is 0 Å². The number of carbonyl (C=O) groups is 1. The highest BCUT2D eigenvalue weighted by molar-refractivity contribution is 5.93. The van der Waals surface area contributed by atoms with Gasteiger partial charge in [-0.05, 0) is 25.1 Å². The molecule has 0 amide bonds. The molecule has 3 aromatic rings. The van der Waals surface area contributed by atoms with E-state index in [1.165, 1.54) is 13.1 Å². The summed E-state index contributed by atoms with van der Waals surface area (Å²) >= 11 is 0. The predicted octanol–water partition coefficient (Wildman–Crippen LogP) is 2.79. The molecule has 0 N–H and O–H groups in total. The van der Waals surface area contributed by atoms with Gasteiger partial charge in [-0.3, -0.25) is 9.20 Å². The van der Waals surface area contributed by atoms with Crippen molar-refractivity contribution < 1.29 is 14.3 Å². The molecule has 0 atom stereocenters. The number of aromatic nitrogens is 2. The number of para-hydroxylation sites is 2. The maximum atomic E-state index is 12.0. The first-order valence-electron chi connectivity index (χ1n) is 7.38. The van der Waals surface area contributed by atoms with Crippen LogP contribution in [0.4, 0.5) is 5.69 Å². The van der Waals surface area contributed by atoms with Crippen LogP contribution in [0.2, 0.25) is 0 Å². The zero-order chi connectivity index (χ0) is 17.1.